The number of carbonyl (C=O) groups is 1. The van der Waals surface area contributed by atoms with Crippen LogP contribution in [0.4, 0.5) is 5.69 Å². The summed E-state index contributed by atoms with van der Waals surface area (Å²) < 4.78 is 30.6. The monoisotopic (exact) mass is 319 g/mol. The van der Waals surface area contributed by atoms with Crippen LogP contribution in [-0.4, -0.2) is 44.1 Å². The fourth-order valence-corrected chi connectivity index (χ4v) is 2.55. The first kappa shape index (κ1) is 16.8. The summed E-state index contributed by atoms with van der Waals surface area (Å²) in [5.74, 6) is -1.01. The largest absolute Gasteiger partial charge is 0.497 e. The highest BCUT2D eigenvalue weighted by atomic mass is 32.2. The summed E-state index contributed by atoms with van der Waals surface area (Å²) in [6.45, 7) is -0.694. The number of primary amides is 1. The van der Waals surface area contributed by atoms with E-state index in [4.69, 9.17) is 15.6 Å². The zero-order valence-electron chi connectivity index (χ0n) is 10.8. The van der Waals surface area contributed by atoms with E-state index < -0.39 is 44.1 Å². The van der Waals surface area contributed by atoms with E-state index in [0.717, 1.165) is 12.1 Å². The van der Waals surface area contributed by atoms with Gasteiger partial charge in [-0.25, -0.2) is 13.1 Å². The van der Waals surface area contributed by atoms with E-state index in [1.807, 2.05) is 4.72 Å². The van der Waals surface area contributed by atoms with E-state index in [2.05, 4.69) is 0 Å². The molecule has 0 saturated carbocycles. The highest BCUT2D eigenvalue weighted by molar-refractivity contribution is 7.89. The van der Waals surface area contributed by atoms with Crippen LogP contribution in [0.5, 0.6) is 5.75 Å². The summed E-state index contributed by atoms with van der Waals surface area (Å²) in [7, 11) is -3.03. The van der Waals surface area contributed by atoms with Gasteiger partial charge in [-0.2, -0.15) is 0 Å². The number of nitrogens with zero attached hydrogens (tertiary/aromatic N) is 1. The van der Waals surface area contributed by atoms with Gasteiger partial charge in [0.05, 0.1) is 18.1 Å². The number of rotatable bonds is 7. The molecule has 0 fully saturated rings. The number of hydrogen-bond donors (Lipinski definition) is 3. The SMILES string of the molecule is COc1ccc(S(=O)(=O)NCC(O)C(N)=O)c([N+](=O)[O-])c1. The normalized spacial score (nSPS) is 12.7. The molecule has 0 spiro atoms. The lowest BCUT2D eigenvalue weighted by Crippen LogP contribution is -2.40. The molecule has 1 rings (SSSR count). The highest BCUT2D eigenvalue weighted by Crippen LogP contribution is 2.28. The average Bonchev–Trinajstić information content (AvgIpc) is 2.43. The summed E-state index contributed by atoms with van der Waals surface area (Å²) in [6, 6.07) is 3.15. The molecule has 4 N–H and O–H groups in total. The Bertz CT molecular complexity index is 659. The van der Waals surface area contributed by atoms with Gasteiger partial charge in [0.2, 0.25) is 15.9 Å². The molecular weight excluding hydrogens is 306 g/mol. The zero-order valence-corrected chi connectivity index (χ0v) is 11.7. The van der Waals surface area contributed by atoms with Gasteiger partial charge >= 0.3 is 0 Å². The molecule has 0 heterocycles. The number of nitrogens with one attached hydrogen (secondary N) is 1. The first-order valence-electron chi connectivity index (χ1n) is 5.48. The maximum atomic E-state index is 12.0. The quantitative estimate of drug-likeness (QED) is 0.416. The number of amides is 1. The topological polar surface area (TPSA) is 162 Å². The van der Waals surface area contributed by atoms with Crippen molar-refractivity contribution < 1.29 is 28.0 Å². The fourth-order valence-electron chi connectivity index (χ4n) is 1.36. The molecule has 1 amide bonds. The minimum Gasteiger partial charge on any atom is -0.497 e. The van der Waals surface area contributed by atoms with Crippen LogP contribution in [0.25, 0.3) is 0 Å². The number of methoxy groups -OCH3 is 1. The minimum atomic E-state index is -4.30. The molecule has 1 unspecified atom stereocenters. The van der Waals surface area contributed by atoms with E-state index in [0.29, 0.717) is 0 Å². The van der Waals surface area contributed by atoms with Crippen molar-refractivity contribution in [1.29, 1.82) is 0 Å². The lowest BCUT2D eigenvalue weighted by atomic mass is 10.3. The van der Waals surface area contributed by atoms with Crippen LogP contribution in [0.2, 0.25) is 0 Å². The number of benzene rings is 1. The molecule has 116 valence electrons. The molecule has 0 aliphatic rings. The number of sulfonamides is 1. The van der Waals surface area contributed by atoms with Crippen molar-refractivity contribution in [3.63, 3.8) is 0 Å². The van der Waals surface area contributed by atoms with Crippen molar-refractivity contribution >= 4 is 21.6 Å². The molecule has 1 aromatic rings. The Balaban J connectivity index is 3.13. The molecule has 10 nitrogen and oxygen atoms in total. The van der Waals surface area contributed by atoms with Crippen molar-refractivity contribution in [3.8, 4) is 5.75 Å². The maximum absolute atomic E-state index is 12.0. The van der Waals surface area contributed by atoms with Crippen LogP contribution in [0.1, 0.15) is 0 Å². The third kappa shape index (κ3) is 4.11. The van der Waals surface area contributed by atoms with Gasteiger partial charge < -0.3 is 15.6 Å². The van der Waals surface area contributed by atoms with Crippen LogP contribution in [0.3, 0.4) is 0 Å². The number of aliphatic hydroxyl groups excluding tert-OH is 1. The lowest BCUT2D eigenvalue weighted by Gasteiger charge is -2.10. The number of nitro benzene ring substituents is 1. The predicted molar refractivity (Wildman–Crippen MR) is 70.0 cm³/mol. The number of ether oxygens (including phenoxy) is 1. The van der Waals surface area contributed by atoms with Gasteiger partial charge in [0.15, 0.2) is 4.90 Å². The standard InChI is InChI=1S/C10H13N3O7S/c1-20-6-2-3-9(7(4-6)13(16)17)21(18,19)12-5-8(14)10(11)15/h2-4,8,12,14H,5H2,1H3,(H2,11,15). The first-order chi connectivity index (χ1) is 9.69. The van der Waals surface area contributed by atoms with Crippen molar-refractivity contribution in [3.05, 3.63) is 28.3 Å². The summed E-state index contributed by atoms with van der Waals surface area (Å²) >= 11 is 0. The van der Waals surface area contributed by atoms with Gasteiger partial charge in [0.25, 0.3) is 5.69 Å². The van der Waals surface area contributed by atoms with Crippen LogP contribution in [0, 0.1) is 10.1 Å². The average molecular weight is 319 g/mol. The van der Waals surface area contributed by atoms with E-state index in [1.165, 1.54) is 13.2 Å². The maximum Gasteiger partial charge on any atom is 0.293 e. The van der Waals surface area contributed by atoms with Crippen LogP contribution >= 0.6 is 0 Å². The van der Waals surface area contributed by atoms with Gasteiger partial charge in [0.1, 0.15) is 11.9 Å². The van der Waals surface area contributed by atoms with Gasteiger partial charge in [0, 0.05) is 6.54 Å². The third-order valence-corrected chi connectivity index (χ3v) is 3.92. The summed E-state index contributed by atoms with van der Waals surface area (Å²) in [5.41, 5.74) is 4.07. The number of aliphatic hydroxyl groups is 1. The van der Waals surface area contributed by atoms with Crippen LogP contribution < -0.4 is 15.2 Å². The minimum absolute atomic E-state index is 0.109. The Morgan fingerprint density at radius 2 is 2.19 bits per heavy atom. The Morgan fingerprint density at radius 3 is 2.67 bits per heavy atom. The molecule has 0 saturated heterocycles. The van der Waals surface area contributed by atoms with Gasteiger partial charge in [-0.15, -0.1) is 0 Å². The van der Waals surface area contributed by atoms with E-state index in [9.17, 15) is 23.3 Å². The fraction of sp³-hybridized carbons (Fsp3) is 0.300. The zero-order chi connectivity index (χ0) is 16.2. The predicted octanol–water partition coefficient (Wildman–Crippen LogP) is -1.27. The Morgan fingerprint density at radius 1 is 1.57 bits per heavy atom. The van der Waals surface area contributed by atoms with Gasteiger partial charge in [-0.3, -0.25) is 14.9 Å². The smallest absolute Gasteiger partial charge is 0.293 e. The summed E-state index contributed by atoms with van der Waals surface area (Å²) in [6.07, 6.45) is -1.74. The molecule has 1 aromatic carbocycles. The second kappa shape index (κ2) is 6.47. The molecule has 0 aliphatic heterocycles. The number of hydrogen-bond acceptors (Lipinski definition) is 7. The molecule has 0 aromatic heterocycles. The first-order valence-corrected chi connectivity index (χ1v) is 6.97. The van der Waals surface area contributed by atoms with Crippen LogP contribution in [-0.2, 0) is 14.8 Å². The van der Waals surface area contributed by atoms with E-state index >= 15 is 0 Å². The molecule has 0 radical (unpaired) electrons. The molecule has 21 heavy (non-hydrogen) atoms. The Labute approximate surface area is 119 Å². The molecular formula is C10H13N3O7S. The second-order valence-electron chi connectivity index (χ2n) is 3.86. The highest BCUT2D eigenvalue weighted by Gasteiger charge is 2.27. The lowest BCUT2D eigenvalue weighted by molar-refractivity contribution is -0.387. The number of nitro groups is 1. The molecule has 0 bridgehead atoms. The van der Waals surface area contributed by atoms with E-state index in [-0.39, 0.29) is 5.75 Å². The number of nitrogens with two attached hydrogens (primary N) is 1. The van der Waals surface area contributed by atoms with Gasteiger partial charge in [-0.05, 0) is 12.1 Å². The van der Waals surface area contributed by atoms with Crippen molar-refractivity contribution in [1.82, 2.24) is 4.72 Å². The molecule has 1 atom stereocenters. The Kier molecular flexibility index (Phi) is 5.18. The van der Waals surface area contributed by atoms with E-state index in [1.54, 1.807) is 0 Å². The summed E-state index contributed by atoms with van der Waals surface area (Å²) in [4.78, 5) is 20.0. The van der Waals surface area contributed by atoms with Crippen molar-refractivity contribution in [2.45, 2.75) is 11.0 Å². The Hall–Kier alpha value is -2.24. The van der Waals surface area contributed by atoms with Crippen molar-refractivity contribution in [2.75, 3.05) is 13.7 Å². The van der Waals surface area contributed by atoms with Gasteiger partial charge in [-0.1, -0.05) is 0 Å². The molecule has 0 aliphatic carbocycles. The van der Waals surface area contributed by atoms with Crippen molar-refractivity contribution in [2.24, 2.45) is 5.73 Å². The molecule has 11 heteroatoms. The third-order valence-electron chi connectivity index (χ3n) is 2.45. The summed E-state index contributed by atoms with van der Waals surface area (Å²) in [5, 5.41) is 20.1. The second-order valence-corrected chi connectivity index (χ2v) is 5.60. The van der Waals surface area contributed by atoms with Crippen LogP contribution in [0.15, 0.2) is 23.1 Å². The number of carbonyl (C=O) groups excluding carboxylic acids is 1.